The molecule has 1 aromatic carbocycles. The van der Waals surface area contributed by atoms with Gasteiger partial charge < -0.3 is 14.8 Å². The third-order valence-electron chi connectivity index (χ3n) is 4.13. The molecule has 1 aromatic rings. The van der Waals surface area contributed by atoms with E-state index in [0.29, 0.717) is 19.1 Å². The van der Waals surface area contributed by atoms with Crippen molar-refractivity contribution in [3.8, 4) is 5.75 Å². The van der Waals surface area contributed by atoms with Gasteiger partial charge in [-0.2, -0.15) is 0 Å². The van der Waals surface area contributed by atoms with Crippen LogP contribution >= 0.6 is 0 Å². The highest BCUT2D eigenvalue weighted by Crippen LogP contribution is 2.40. The number of nitrogens with one attached hydrogen (secondary N) is 1. The van der Waals surface area contributed by atoms with E-state index in [2.05, 4.69) is 18.3 Å². The number of benzene rings is 1. The molecule has 1 aliphatic carbocycles. The molecule has 0 heterocycles. The molecule has 2 rings (SSSR count). The van der Waals surface area contributed by atoms with E-state index in [1.54, 1.807) is 7.05 Å². The first-order valence-electron chi connectivity index (χ1n) is 7.74. The SMILES string of the molecule is CCOC(=O)C(COc1cccc(CC)c1)(NC)C1CC1. The average Bonchev–Trinajstić information content (AvgIpc) is 3.34. The lowest BCUT2D eigenvalue weighted by molar-refractivity contribution is -0.153. The van der Waals surface area contributed by atoms with Gasteiger partial charge in [0.1, 0.15) is 12.4 Å². The average molecular weight is 291 g/mol. The Labute approximate surface area is 126 Å². The van der Waals surface area contributed by atoms with Gasteiger partial charge in [-0.05, 0) is 56.8 Å². The molecule has 1 unspecified atom stereocenters. The summed E-state index contributed by atoms with van der Waals surface area (Å²) >= 11 is 0. The molecule has 0 amide bonds. The molecule has 1 aliphatic rings. The lowest BCUT2D eigenvalue weighted by Gasteiger charge is -2.31. The fourth-order valence-electron chi connectivity index (χ4n) is 2.61. The third-order valence-corrected chi connectivity index (χ3v) is 4.13. The van der Waals surface area contributed by atoms with Crippen LogP contribution < -0.4 is 10.1 Å². The Morgan fingerprint density at radius 1 is 1.38 bits per heavy atom. The first kappa shape index (κ1) is 15.8. The normalized spacial score (nSPS) is 17.1. The predicted molar refractivity (Wildman–Crippen MR) is 82.5 cm³/mol. The zero-order valence-corrected chi connectivity index (χ0v) is 13.1. The van der Waals surface area contributed by atoms with Gasteiger partial charge in [-0.1, -0.05) is 19.1 Å². The van der Waals surface area contributed by atoms with Crippen molar-refractivity contribution in [2.75, 3.05) is 20.3 Å². The zero-order valence-electron chi connectivity index (χ0n) is 13.1. The number of hydrogen-bond acceptors (Lipinski definition) is 4. The fourth-order valence-corrected chi connectivity index (χ4v) is 2.61. The standard InChI is InChI=1S/C17H25NO3/c1-4-13-7-6-8-15(11-13)21-12-17(18-3,14-9-10-14)16(19)20-5-2/h6-8,11,14,18H,4-5,9-10,12H2,1-3H3. The van der Waals surface area contributed by atoms with Crippen LogP contribution in [-0.4, -0.2) is 31.8 Å². The molecule has 116 valence electrons. The molecule has 4 nitrogen and oxygen atoms in total. The highest BCUT2D eigenvalue weighted by atomic mass is 16.5. The zero-order chi connectivity index (χ0) is 15.3. The second kappa shape index (κ2) is 6.94. The summed E-state index contributed by atoms with van der Waals surface area (Å²) in [4.78, 5) is 12.4. The van der Waals surface area contributed by atoms with E-state index >= 15 is 0 Å². The minimum atomic E-state index is -0.724. The summed E-state index contributed by atoms with van der Waals surface area (Å²) in [5.74, 6) is 0.900. The quantitative estimate of drug-likeness (QED) is 0.748. The Morgan fingerprint density at radius 2 is 2.14 bits per heavy atom. The Morgan fingerprint density at radius 3 is 2.71 bits per heavy atom. The minimum absolute atomic E-state index is 0.207. The van der Waals surface area contributed by atoms with Gasteiger partial charge in [-0.25, -0.2) is 4.79 Å². The Kier molecular flexibility index (Phi) is 5.23. The molecular formula is C17H25NO3. The number of likely N-dealkylation sites (N-methyl/N-ethyl adjacent to an activating group) is 1. The van der Waals surface area contributed by atoms with Crippen LogP contribution in [0.25, 0.3) is 0 Å². The van der Waals surface area contributed by atoms with Crippen LogP contribution in [0.15, 0.2) is 24.3 Å². The number of ether oxygens (including phenoxy) is 2. The molecular weight excluding hydrogens is 266 g/mol. The molecule has 1 fully saturated rings. The number of rotatable bonds is 8. The summed E-state index contributed by atoms with van der Waals surface area (Å²) in [6.45, 7) is 4.64. The van der Waals surface area contributed by atoms with Gasteiger partial charge in [0.05, 0.1) is 6.61 Å². The second-order valence-electron chi connectivity index (χ2n) is 5.51. The van der Waals surface area contributed by atoms with Gasteiger partial charge in [0, 0.05) is 0 Å². The lowest BCUT2D eigenvalue weighted by Crippen LogP contribution is -2.57. The monoisotopic (exact) mass is 291 g/mol. The molecule has 0 saturated heterocycles. The van der Waals surface area contributed by atoms with E-state index < -0.39 is 5.54 Å². The molecule has 0 radical (unpaired) electrons. The van der Waals surface area contributed by atoms with Crippen molar-refractivity contribution < 1.29 is 14.3 Å². The van der Waals surface area contributed by atoms with Crippen molar-refractivity contribution in [1.29, 1.82) is 0 Å². The highest BCUT2D eigenvalue weighted by molar-refractivity contribution is 5.82. The first-order chi connectivity index (χ1) is 10.2. The highest BCUT2D eigenvalue weighted by Gasteiger charge is 2.52. The van der Waals surface area contributed by atoms with Crippen LogP contribution in [0.2, 0.25) is 0 Å². The summed E-state index contributed by atoms with van der Waals surface area (Å²) < 4.78 is 11.2. The maximum absolute atomic E-state index is 12.4. The third kappa shape index (κ3) is 3.56. The fraction of sp³-hybridized carbons (Fsp3) is 0.588. The molecule has 21 heavy (non-hydrogen) atoms. The second-order valence-corrected chi connectivity index (χ2v) is 5.51. The van der Waals surface area contributed by atoms with Gasteiger partial charge >= 0.3 is 5.97 Å². The summed E-state index contributed by atoms with van der Waals surface area (Å²) in [5.41, 5.74) is 0.503. The minimum Gasteiger partial charge on any atom is -0.491 e. The van der Waals surface area contributed by atoms with Crippen molar-refractivity contribution >= 4 is 5.97 Å². The van der Waals surface area contributed by atoms with Crippen LogP contribution in [0.4, 0.5) is 0 Å². The number of carbonyl (C=O) groups excluding carboxylic acids is 1. The Hall–Kier alpha value is -1.55. The molecule has 1 atom stereocenters. The summed E-state index contributed by atoms with van der Waals surface area (Å²) in [7, 11) is 1.81. The van der Waals surface area contributed by atoms with Gasteiger partial charge in [0.25, 0.3) is 0 Å². The molecule has 1 saturated carbocycles. The molecule has 0 spiro atoms. The van der Waals surface area contributed by atoms with Crippen LogP contribution in [0, 0.1) is 5.92 Å². The van der Waals surface area contributed by atoms with Crippen LogP contribution in [0.3, 0.4) is 0 Å². The maximum Gasteiger partial charge on any atom is 0.330 e. The van der Waals surface area contributed by atoms with E-state index in [1.165, 1.54) is 5.56 Å². The summed E-state index contributed by atoms with van der Waals surface area (Å²) in [6.07, 6.45) is 3.05. The molecule has 0 aliphatic heterocycles. The maximum atomic E-state index is 12.4. The van der Waals surface area contributed by atoms with Gasteiger partial charge in [-0.3, -0.25) is 0 Å². The molecule has 0 bridgehead atoms. The largest absolute Gasteiger partial charge is 0.491 e. The van der Waals surface area contributed by atoms with Crippen LogP contribution in [0.5, 0.6) is 5.75 Å². The van der Waals surface area contributed by atoms with E-state index in [1.807, 2.05) is 25.1 Å². The number of carbonyl (C=O) groups is 1. The van der Waals surface area contributed by atoms with Crippen molar-refractivity contribution in [2.45, 2.75) is 38.6 Å². The van der Waals surface area contributed by atoms with Crippen molar-refractivity contribution in [2.24, 2.45) is 5.92 Å². The van der Waals surface area contributed by atoms with E-state index in [0.717, 1.165) is 25.0 Å². The smallest absolute Gasteiger partial charge is 0.330 e. The van der Waals surface area contributed by atoms with Gasteiger partial charge in [0.2, 0.25) is 0 Å². The van der Waals surface area contributed by atoms with E-state index in [4.69, 9.17) is 9.47 Å². The molecule has 4 heteroatoms. The topological polar surface area (TPSA) is 47.6 Å². The van der Waals surface area contributed by atoms with Crippen LogP contribution in [-0.2, 0) is 16.0 Å². The number of hydrogen-bond donors (Lipinski definition) is 1. The summed E-state index contributed by atoms with van der Waals surface area (Å²) in [6, 6.07) is 8.01. The van der Waals surface area contributed by atoms with E-state index in [9.17, 15) is 4.79 Å². The Balaban J connectivity index is 2.09. The van der Waals surface area contributed by atoms with Crippen molar-refractivity contribution in [3.05, 3.63) is 29.8 Å². The molecule has 0 aromatic heterocycles. The Bertz CT molecular complexity index is 485. The van der Waals surface area contributed by atoms with Gasteiger partial charge in [-0.15, -0.1) is 0 Å². The summed E-state index contributed by atoms with van der Waals surface area (Å²) in [5, 5.41) is 3.16. The van der Waals surface area contributed by atoms with Crippen molar-refractivity contribution in [3.63, 3.8) is 0 Å². The lowest BCUT2D eigenvalue weighted by atomic mass is 9.94. The molecule has 1 N–H and O–H groups in total. The van der Waals surface area contributed by atoms with Gasteiger partial charge in [0.15, 0.2) is 5.54 Å². The first-order valence-corrected chi connectivity index (χ1v) is 7.74. The number of esters is 1. The van der Waals surface area contributed by atoms with E-state index in [-0.39, 0.29) is 5.97 Å². The van der Waals surface area contributed by atoms with Crippen LogP contribution in [0.1, 0.15) is 32.3 Å². The number of aryl methyl sites for hydroxylation is 1. The predicted octanol–water partition coefficient (Wildman–Crippen LogP) is 2.56. The van der Waals surface area contributed by atoms with Crippen molar-refractivity contribution in [1.82, 2.24) is 5.32 Å².